The molecule has 2 aromatic rings. The topological polar surface area (TPSA) is 80.5 Å². The van der Waals surface area contributed by atoms with Gasteiger partial charge in [0.05, 0.1) is 4.92 Å². The van der Waals surface area contributed by atoms with Gasteiger partial charge in [-0.25, -0.2) is 0 Å². The van der Waals surface area contributed by atoms with E-state index in [0.29, 0.717) is 24.0 Å². The zero-order chi connectivity index (χ0) is 21.6. The van der Waals surface area contributed by atoms with E-state index < -0.39 is 10.8 Å². The Balaban J connectivity index is 1.89. The number of nitro groups is 1. The van der Waals surface area contributed by atoms with Gasteiger partial charge in [0.25, 0.3) is 5.69 Å². The van der Waals surface area contributed by atoms with E-state index in [4.69, 9.17) is 0 Å². The zero-order valence-corrected chi connectivity index (χ0v) is 17.3. The van der Waals surface area contributed by atoms with Gasteiger partial charge >= 0.3 is 0 Å². The number of hydrogen-bond acceptors (Lipinski definition) is 4. The molecule has 1 heterocycles. The highest BCUT2D eigenvalue weighted by Crippen LogP contribution is 2.48. The molecule has 1 amide bonds. The molecular weight excluding hydrogens is 380 g/mol. The molecule has 6 heteroatoms. The summed E-state index contributed by atoms with van der Waals surface area (Å²) in [5.41, 5.74) is 3.54. The Morgan fingerprint density at radius 1 is 1.07 bits per heavy atom. The van der Waals surface area contributed by atoms with Crippen molar-refractivity contribution in [2.24, 2.45) is 5.41 Å². The van der Waals surface area contributed by atoms with E-state index in [1.165, 1.54) is 12.1 Å². The van der Waals surface area contributed by atoms with Gasteiger partial charge in [-0.05, 0) is 36.5 Å². The molecule has 1 unspecified atom stereocenters. The lowest BCUT2D eigenvalue weighted by atomic mass is 9.69. The molecule has 0 radical (unpaired) electrons. The summed E-state index contributed by atoms with van der Waals surface area (Å²) in [5.74, 6) is -0.542. The number of amides is 1. The third kappa shape index (κ3) is 3.54. The maximum atomic E-state index is 13.3. The molecule has 0 N–H and O–H groups in total. The molecule has 0 bridgehead atoms. The van der Waals surface area contributed by atoms with E-state index in [2.05, 4.69) is 0 Å². The molecule has 0 saturated heterocycles. The predicted octanol–water partition coefficient (Wildman–Crippen LogP) is 5.07. The zero-order valence-electron chi connectivity index (χ0n) is 17.3. The smallest absolute Gasteiger partial charge is 0.269 e. The van der Waals surface area contributed by atoms with Gasteiger partial charge in [0.2, 0.25) is 5.91 Å². The molecule has 1 aliphatic heterocycles. The fourth-order valence-corrected chi connectivity index (χ4v) is 4.55. The molecule has 0 fully saturated rings. The van der Waals surface area contributed by atoms with E-state index in [1.54, 1.807) is 17.0 Å². The molecule has 30 heavy (non-hydrogen) atoms. The first kappa shape index (κ1) is 20.0. The monoisotopic (exact) mass is 404 g/mol. The molecule has 1 atom stereocenters. The summed E-state index contributed by atoms with van der Waals surface area (Å²) in [4.78, 5) is 39.0. The maximum absolute atomic E-state index is 13.3. The number of anilines is 1. The number of allylic oxidation sites excluding steroid dienone is 2. The Morgan fingerprint density at radius 2 is 1.77 bits per heavy atom. The number of carbonyl (C=O) groups excluding carboxylic acids is 2. The molecule has 0 aromatic heterocycles. The van der Waals surface area contributed by atoms with Gasteiger partial charge in [-0.2, -0.15) is 0 Å². The minimum Gasteiger partial charge on any atom is -0.294 e. The van der Waals surface area contributed by atoms with Crippen molar-refractivity contribution in [3.8, 4) is 0 Å². The molecule has 2 aromatic carbocycles. The molecule has 2 aliphatic rings. The van der Waals surface area contributed by atoms with Gasteiger partial charge in [-0.3, -0.25) is 24.6 Å². The Kier molecular flexibility index (Phi) is 4.80. The van der Waals surface area contributed by atoms with Gasteiger partial charge < -0.3 is 0 Å². The number of rotatable bonds is 3. The number of aryl methyl sites for hydroxylation is 1. The second-order valence-electron chi connectivity index (χ2n) is 8.97. The molecule has 1 aliphatic carbocycles. The number of Topliss-reactive ketones (excluding diaryl/α,β-unsaturated/α-hetero) is 1. The van der Waals surface area contributed by atoms with Crippen LogP contribution in [0.3, 0.4) is 0 Å². The van der Waals surface area contributed by atoms with Crippen LogP contribution in [-0.4, -0.2) is 16.6 Å². The average molecular weight is 404 g/mol. The minimum atomic E-state index is -0.460. The van der Waals surface area contributed by atoms with Crippen LogP contribution in [-0.2, 0) is 9.59 Å². The summed E-state index contributed by atoms with van der Waals surface area (Å²) >= 11 is 0. The highest BCUT2D eigenvalue weighted by Gasteiger charge is 2.44. The van der Waals surface area contributed by atoms with E-state index in [9.17, 15) is 19.7 Å². The largest absolute Gasteiger partial charge is 0.294 e. The van der Waals surface area contributed by atoms with Gasteiger partial charge in [-0.1, -0.05) is 43.7 Å². The fraction of sp³-hybridized carbons (Fsp3) is 0.333. The van der Waals surface area contributed by atoms with Crippen molar-refractivity contribution < 1.29 is 14.5 Å². The van der Waals surface area contributed by atoms with Crippen LogP contribution in [0.25, 0.3) is 0 Å². The lowest BCUT2D eigenvalue weighted by Gasteiger charge is -2.43. The molecule has 0 saturated carbocycles. The SMILES string of the molecule is Cc1ccc(N2C(=O)CC(c3cccc([N+](=O)[O-])c3)C3=C2CC(C)(C)CC3=O)cc1. The number of nitrogens with zero attached hydrogens (tertiary/aromatic N) is 2. The van der Waals surface area contributed by atoms with Crippen molar-refractivity contribution in [3.05, 3.63) is 81.0 Å². The van der Waals surface area contributed by atoms with Gasteiger partial charge in [0.1, 0.15) is 0 Å². The first-order chi connectivity index (χ1) is 14.2. The van der Waals surface area contributed by atoms with Crippen molar-refractivity contribution in [2.45, 2.75) is 46.0 Å². The number of nitro benzene ring substituents is 1. The van der Waals surface area contributed by atoms with Crippen molar-refractivity contribution in [3.63, 3.8) is 0 Å². The quantitative estimate of drug-likeness (QED) is 0.528. The summed E-state index contributed by atoms with van der Waals surface area (Å²) in [7, 11) is 0. The first-order valence-corrected chi connectivity index (χ1v) is 10.1. The summed E-state index contributed by atoms with van der Waals surface area (Å²) in [6, 6.07) is 14.0. The maximum Gasteiger partial charge on any atom is 0.269 e. The van der Waals surface area contributed by atoms with E-state index in [1.807, 2.05) is 45.0 Å². The number of carbonyl (C=O) groups is 2. The third-order valence-electron chi connectivity index (χ3n) is 5.92. The van der Waals surface area contributed by atoms with Crippen LogP contribution in [0.4, 0.5) is 11.4 Å². The Morgan fingerprint density at radius 3 is 2.43 bits per heavy atom. The van der Waals surface area contributed by atoms with Crippen LogP contribution in [0, 0.1) is 22.5 Å². The lowest BCUT2D eigenvalue weighted by Crippen LogP contribution is -2.43. The number of hydrogen-bond donors (Lipinski definition) is 0. The van der Waals surface area contributed by atoms with Gasteiger partial charge in [0, 0.05) is 47.8 Å². The second kappa shape index (κ2) is 7.20. The normalized spacial score (nSPS) is 20.9. The standard InChI is InChI=1S/C24H24N2O4/c1-15-7-9-17(10-8-15)25-20-13-24(2,3)14-21(27)23(20)19(12-22(25)28)16-5-4-6-18(11-16)26(29)30/h4-11,19H,12-14H2,1-3H3. The Bertz CT molecular complexity index is 1080. The molecule has 154 valence electrons. The molecular formula is C24H24N2O4. The van der Waals surface area contributed by atoms with Crippen molar-refractivity contribution in [2.75, 3.05) is 4.90 Å². The average Bonchev–Trinajstić information content (AvgIpc) is 2.67. The van der Waals surface area contributed by atoms with Crippen molar-refractivity contribution in [1.82, 2.24) is 0 Å². The van der Waals surface area contributed by atoms with Crippen molar-refractivity contribution >= 4 is 23.1 Å². The van der Waals surface area contributed by atoms with Crippen molar-refractivity contribution in [1.29, 1.82) is 0 Å². The highest BCUT2D eigenvalue weighted by molar-refractivity contribution is 6.07. The highest BCUT2D eigenvalue weighted by atomic mass is 16.6. The second-order valence-corrected chi connectivity index (χ2v) is 8.97. The fourth-order valence-electron chi connectivity index (χ4n) is 4.55. The summed E-state index contributed by atoms with van der Waals surface area (Å²) in [5, 5.41) is 11.2. The minimum absolute atomic E-state index is 0.0161. The third-order valence-corrected chi connectivity index (χ3v) is 5.92. The van der Waals surface area contributed by atoms with Gasteiger partial charge in [-0.15, -0.1) is 0 Å². The summed E-state index contributed by atoms with van der Waals surface area (Å²) in [6.07, 6.45) is 1.10. The van der Waals surface area contributed by atoms with Crippen LogP contribution in [0.1, 0.15) is 50.2 Å². The van der Waals surface area contributed by atoms with Crippen LogP contribution >= 0.6 is 0 Å². The van der Waals surface area contributed by atoms with Crippen LogP contribution < -0.4 is 4.90 Å². The lowest BCUT2D eigenvalue weighted by molar-refractivity contribution is -0.384. The molecule has 4 rings (SSSR count). The summed E-state index contributed by atoms with van der Waals surface area (Å²) in [6.45, 7) is 6.05. The number of ketones is 1. The predicted molar refractivity (Wildman–Crippen MR) is 114 cm³/mol. The number of non-ortho nitro benzene ring substituents is 1. The van der Waals surface area contributed by atoms with Crippen LogP contribution in [0.2, 0.25) is 0 Å². The first-order valence-electron chi connectivity index (χ1n) is 10.1. The van der Waals surface area contributed by atoms with Gasteiger partial charge in [0.15, 0.2) is 5.78 Å². The number of benzene rings is 2. The molecule has 0 spiro atoms. The van der Waals surface area contributed by atoms with E-state index in [-0.39, 0.29) is 29.2 Å². The molecule has 6 nitrogen and oxygen atoms in total. The Hall–Kier alpha value is -3.28. The van der Waals surface area contributed by atoms with E-state index >= 15 is 0 Å². The van der Waals surface area contributed by atoms with E-state index in [0.717, 1.165) is 16.9 Å². The Labute approximate surface area is 175 Å². The van der Waals surface area contributed by atoms with Crippen LogP contribution in [0.5, 0.6) is 0 Å². The van der Waals surface area contributed by atoms with Crippen LogP contribution in [0.15, 0.2) is 59.8 Å². The summed E-state index contributed by atoms with van der Waals surface area (Å²) < 4.78 is 0.